The van der Waals surface area contributed by atoms with Crippen molar-refractivity contribution in [2.45, 2.75) is 57.3 Å². The zero-order chi connectivity index (χ0) is 36.5. The fraction of sp³-hybridized carbons (Fsp3) is 0.370. The number of nitrogens with zero attached hydrogens (tertiary/aromatic N) is 6. The Bertz CT molecular complexity index is 1980. The van der Waals surface area contributed by atoms with Crippen LogP contribution in [0.15, 0.2) is 71.4 Å². The molecule has 0 radical (unpaired) electrons. The molecule has 1 aliphatic rings. The Balaban J connectivity index is 1.29. The van der Waals surface area contributed by atoms with Gasteiger partial charge in [-0.2, -0.15) is 18.8 Å². The smallest absolute Gasteiger partial charge is 0.387 e. The molecule has 23 heteroatoms. The molecule has 50 heavy (non-hydrogen) atoms. The van der Waals surface area contributed by atoms with Gasteiger partial charge >= 0.3 is 23.5 Å². The molecule has 1 fully saturated rings. The van der Waals surface area contributed by atoms with Crippen LogP contribution >= 0.6 is 23.5 Å². The van der Waals surface area contributed by atoms with E-state index >= 15 is 0 Å². The van der Waals surface area contributed by atoms with Crippen molar-refractivity contribution in [1.29, 1.82) is 0 Å². The Kier molecular flexibility index (Phi) is 11.2. The summed E-state index contributed by atoms with van der Waals surface area (Å²) in [6, 6.07) is 14.7. The van der Waals surface area contributed by atoms with Crippen LogP contribution in [0.2, 0.25) is 0 Å². The summed E-state index contributed by atoms with van der Waals surface area (Å²) in [7, 11) is -16.9. The maximum absolute atomic E-state index is 12.3. The number of aliphatic hydroxyl groups is 1. The number of imidazole rings is 1. The molecule has 2 aromatic carbocycles. The number of hydrogen-bond acceptors (Lipinski definition) is 15. The van der Waals surface area contributed by atoms with Crippen molar-refractivity contribution in [3.05, 3.63) is 72.3 Å². The Morgan fingerprint density at radius 3 is 2.12 bits per heavy atom. The first-order valence-corrected chi connectivity index (χ1v) is 19.1. The normalized spacial score (nSPS) is 22.6. The van der Waals surface area contributed by atoms with E-state index in [1.54, 1.807) is 24.3 Å². The van der Waals surface area contributed by atoms with E-state index in [9.17, 15) is 28.6 Å². The lowest BCUT2D eigenvalue weighted by Gasteiger charge is -2.22. The van der Waals surface area contributed by atoms with Crippen LogP contribution < -0.4 is 5.73 Å². The Morgan fingerprint density at radius 1 is 0.900 bits per heavy atom. The molecule has 0 saturated carbocycles. The summed E-state index contributed by atoms with van der Waals surface area (Å²) in [5.41, 5.74) is 9.45. The second kappa shape index (κ2) is 14.7. The molecule has 20 nitrogen and oxygen atoms in total. The number of hydrogen-bond donors (Lipinski definition) is 6. The molecule has 5 rings (SSSR count). The molecular weight excluding hydrogens is 723 g/mol. The molecule has 2 aromatic heterocycles. The highest BCUT2D eigenvalue weighted by molar-refractivity contribution is 7.66. The van der Waals surface area contributed by atoms with Gasteiger partial charge in [-0.15, -0.1) is 0 Å². The van der Waals surface area contributed by atoms with Gasteiger partial charge < -0.3 is 39.9 Å². The van der Waals surface area contributed by atoms with Gasteiger partial charge in [0.25, 0.3) is 0 Å². The number of ether oxygens (including phenoxy) is 2. The third kappa shape index (κ3) is 9.71. The maximum Gasteiger partial charge on any atom is 0.490 e. The van der Waals surface area contributed by atoms with Crippen LogP contribution in [0.3, 0.4) is 0 Å². The summed E-state index contributed by atoms with van der Waals surface area (Å²) >= 11 is 0. The van der Waals surface area contributed by atoms with Gasteiger partial charge in [-0.05, 0) is 40.8 Å². The number of fused-ring (bicyclic) bond motifs is 1. The van der Waals surface area contributed by atoms with E-state index in [0.717, 1.165) is 0 Å². The lowest BCUT2D eigenvalue weighted by atomic mass is 9.87. The van der Waals surface area contributed by atoms with Crippen molar-refractivity contribution in [3.8, 4) is 0 Å². The molecular formula is C27H34N7O13P3. The first kappa shape index (κ1) is 37.9. The van der Waals surface area contributed by atoms with E-state index in [-0.39, 0.29) is 29.0 Å². The molecule has 1 saturated heterocycles. The monoisotopic (exact) mass is 757 g/mol. The molecule has 0 amide bonds. The van der Waals surface area contributed by atoms with Crippen LogP contribution in [-0.2, 0) is 48.3 Å². The molecule has 3 heterocycles. The van der Waals surface area contributed by atoms with Gasteiger partial charge in [-0.1, -0.05) is 45.0 Å². The van der Waals surface area contributed by atoms with Crippen LogP contribution in [0, 0.1) is 0 Å². The van der Waals surface area contributed by atoms with Crippen molar-refractivity contribution >= 4 is 51.8 Å². The number of phosphoric acid groups is 3. The highest BCUT2D eigenvalue weighted by atomic mass is 31.3. The molecule has 1 aliphatic heterocycles. The third-order valence-corrected chi connectivity index (χ3v) is 11.0. The van der Waals surface area contributed by atoms with E-state index < -0.39 is 54.6 Å². The summed E-state index contributed by atoms with van der Waals surface area (Å²) in [6.07, 6.45) is -2.84. The minimum Gasteiger partial charge on any atom is -0.387 e. The van der Waals surface area contributed by atoms with Crippen molar-refractivity contribution in [3.63, 3.8) is 0 Å². The molecule has 0 aliphatic carbocycles. The van der Waals surface area contributed by atoms with E-state index in [4.69, 9.17) is 29.5 Å². The number of rotatable bonds is 13. The lowest BCUT2D eigenvalue weighted by molar-refractivity contribution is -0.0759. The highest BCUT2D eigenvalue weighted by Gasteiger charge is 2.48. The van der Waals surface area contributed by atoms with E-state index in [1.807, 2.05) is 24.3 Å². The van der Waals surface area contributed by atoms with Gasteiger partial charge in [-0.3, -0.25) is 9.09 Å². The van der Waals surface area contributed by atoms with Crippen LogP contribution in [0.5, 0.6) is 0 Å². The van der Waals surface area contributed by atoms with E-state index in [1.165, 1.54) is 22.8 Å². The number of benzene rings is 2. The number of aliphatic hydroxyl groups excluding tert-OH is 1. The Hall–Kier alpha value is -3.32. The fourth-order valence-corrected chi connectivity index (χ4v) is 7.81. The van der Waals surface area contributed by atoms with Crippen LogP contribution in [0.4, 0.5) is 17.2 Å². The largest absolute Gasteiger partial charge is 0.490 e. The average Bonchev–Trinajstić information content (AvgIpc) is 3.57. The Morgan fingerprint density at radius 2 is 1.52 bits per heavy atom. The predicted molar refractivity (Wildman–Crippen MR) is 174 cm³/mol. The number of nitrogens with two attached hydrogens (primary N) is 1. The molecule has 7 N–H and O–H groups in total. The van der Waals surface area contributed by atoms with Gasteiger partial charge in [-0.25, -0.2) is 28.6 Å². The predicted octanol–water partition coefficient (Wildman–Crippen LogP) is 4.31. The van der Waals surface area contributed by atoms with Gasteiger partial charge in [0.2, 0.25) is 0 Å². The van der Waals surface area contributed by atoms with Crippen LogP contribution in [0.1, 0.15) is 38.1 Å². The summed E-state index contributed by atoms with van der Waals surface area (Å²) in [4.78, 5) is 49.1. The topological polar surface area (TPSA) is 293 Å². The quantitative estimate of drug-likeness (QED) is 0.0818. The molecule has 4 aromatic rings. The summed E-state index contributed by atoms with van der Waals surface area (Å²) in [6.45, 7) is 5.38. The standard InChI is InChI=1S/C27H34N7O13P3/c1-27(2,3)17-6-10-19(11-7-17)33-32-18-8-4-16(5-9-18)12-43-23-22(35)20(13-44-49(39,40)47-50(41,42)46-48(36,37)38)45-26(23)34-15-31-21-24(28)29-14-30-25(21)34/h4-11,14-15,20,22-23,26,35H,12-13H2,1-3H3,(H,39,40)(H,41,42)(H2,28,29,30)(H2,36,37,38)/t20-,22-,23-,26-/m1/s1. The minimum absolute atomic E-state index is 0.0116. The maximum atomic E-state index is 12.3. The van der Waals surface area contributed by atoms with Crippen LogP contribution in [-0.4, -0.2) is 69.1 Å². The van der Waals surface area contributed by atoms with E-state index in [0.29, 0.717) is 16.9 Å². The van der Waals surface area contributed by atoms with Gasteiger partial charge in [0.15, 0.2) is 17.7 Å². The fourth-order valence-electron chi connectivity index (χ4n) is 4.78. The van der Waals surface area contributed by atoms with Gasteiger partial charge in [0, 0.05) is 0 Å². The number of nitrogen functional groups attached to an aromatic ring is 1. The highest BCUT2D eigenvalue weighted by Crippen LogP contribution is 2.66. The second-order valence-electron chi connectivity index (χ2n) is 12.0. The summed E-state index contributed by atoms with van der Waals surface area (Å²) in [5.74, 6) is 0.0631. The number of azo groups is 1. The van der Waals surface area contributed by atoms with Crippen molar-refractivity contribution in [1.82, 2.24) is 19.5 Å². The first-order chi connectivity index (χ1) is 23.3. The zero-order valence-electron chi connectivity index (χ0n) is 26.6. The van der Waals surface area contributed by atoms with Crippen molar-refractivity contribution < 1.29 is 61.0 Å². The Labute approximate surface area is 284 Å². The molecule has 270 valence electrons. The average molecular weight is 758 g/mol. The third-order valence-electron chi connectivity index (χ3n) is 7.18. The van der Waals surface area contributed by atoms with Gasteiger partial charge in [0.1, 0.15) is 30.2 Å². The number of phosphoric ester groups is 1. The van der Waals surface area contributed by atoms with Crippen molar-refractivity contribution in [2.75, 3.05) is 12.3 Å². The first-order valence-electron chi connectivity index (χ1n) is 14.6. The molecule has 0 spiro atoms. The zero-order valence-corrected chi connectivity index (χ0v) is 29.3. The number of anilines is 1. The van der Waals surface area contributed by atoms with Crippen molar-refractivity contribution in [2.24, 2.45) is 10.2 Å². The molecule has 6 atom stereocenters. The summed E-state index contributed by atoms with van der Waals surface area (Å²) < 4.78 is 60.5. The van der Waals surface area contributed by atoms with Gasteiger partial charge in [0.05, 0.1) is 30.9 Å². The minimum atomic E-state index is -5.76. The SMILES string of the molecule is CC(C)(C)c1ccc(N=Nc2ccc(CO[C@@H]3[C@H](O)[C@@H](COP(=O)(O)OP(=O)(O)OP(=O)(O)O)O[C@H]3n3cnc4c(N)ncnc43)cc2)cc1. The second-order valence-corrected chi connectivity index (χ2v) is 16.4. The summed E-state index contributed by atoms with van der Waals surface area (Å²) in [5, 5.41) is 19.8. The number of aromatic nitrogens is 4. The van der Waals surface area contributed by atoms with Crippen LogP contribution in [0.25, 0.3) is 11.2 Å². The molecule has 0 bridgehead atoms. The lowest BCUT2D eigenvalue weighted by Crippen LogP contribution is -2.35. The van der Waals surface area contributed by atoms with E-state index in [2.05, 4.69) is 54.6 Å². The molecule has 2 unspecified atom stereocenters.